The summed E-state index contributed by atoms with van der Waals surface area (Å²) in [5.41, 5.74) is 1.58. The highest BCUT2D eigenvalue weighted by molar-refractivity contribution is 5.87. The van der Waals surface area contributed by atoms with Gasteiger partial charge in [0.2, 0.25) is 0 Å². The first kappa shape index (κ1) is 22.6. The number of unbranched alkanes of at least 4 members (excludes halogenated alkanes) is 3. The van der Waals surface area contributed by atoms with E-state index >= 15 is 0 Å². The molecular formula is C25H35FO4. The number of benzene rings is 1. The molecule has 3 rings (SSSR count). The van der Waals surface area contributed by atoms with Crippen LogP contribution in [-0.4, -0.2) is 28.5 Å². The maximum absolute atomic E-state index is 12.3. The number of hydrogen-bond donors (Lipinski definition) is 2. The van der Waals surface area contributed by atoms with Crippen molar-refractivity contribution >= 4 is 5.97 Å². The van der Waals surface area contributed by atoms with Gasteiger partial charge in [0.05, 0.1) is 6.67 Å². The first-order valence-corrected chi connectivity index (χ1v) is 11.1. The third-order valence-corrected chi connectivity index (χ3v) is 7.04. The monoisotopic (exact) mass is 418 g/mol. The van der Waals surface area contributed by atoms with Gasteiger partial charge in [0.15, 0.2) is 0 Å². The van der Waals surface area contributed by atoms with E-state index in [0.717, 1.165) is 36.8 Å². The smallest absolute Gasteiger partial charge is 0.331 e. The number of ether oxygens (including phenoxy) is 1. The number of fused-ring (bicyclic) bond motifs is 3. The summed E-state index contributed by atoms with van der Waals surface area (Å²) >= 11 is 0. The number of halogens is 1. The number of phenolic OH excluding ortho intramolecular Hbond substituents is 1. The van der Waals surface area contributed by atoms with Gasteiger partial charge in [0, 0.05) is 23.0 Å². The normalized spacial score (nSPS) is 22.5. The van der Waals surface area contributed by atoms with Crippen LogP contribution in [0.4, 0.5) is 4.39 Å². The molecule has 1 aliphatic carbocycles. The molecule has 1 aromatic carbocycles. The Kier molecular flexibility index (Phi) is 6.49. The topological polar surface area (TPSA) is 66.8 Å². The summed E-state index contributed by atoms with van der Waals surface area (Å²) in [5, 5.41) is 20.5. The molecule has 0 bridgehead atoms. The van der Waals surface area contributed by atoms with Crippen molar-refractivity contribution in [2.75, 3.05) is 6.67 Å². The number of hydrogen-bond acceptors (Lipinski definition) is 3. The van der Waals surface area contributed by atoms with Gasteiger partial charge in [-0.25, -0.2) is 4.79 Å². The molecule has 0 amide bonds. The molecular weight excluding hydrogens is 383 g/mol. The summed E-state index contributed by atoms with van der Waals surface area (Å²) in [6.07, 6.45) is 7.32. The lowest BCUT2D eigenvalue weighted by Gasteiger charge is -2.47. The standard InChI is InChI=1S/C25H35FO4/c1-24(2,11-7-5-6-8-12-26)17-14-20(27)22-18-13-16(23(28)29)9-10-19(18)25(3,4)30-21(22)15-17/h9,14-15,18-19,27H,5-8,10-13H2,1-4H3,(H,28,29)/t18-,19-/m1/s1. The van der Waals surface area contributed by atoms with Crippen molar-refractivity contribution in [3.8, 4) is 11.5 Å². The molecule has 5 heteroatoms. The zero-order valence-corrected chi connectivity index (χ0v) is 18.6. The van der Waals surface area contributed by atoms with Crippen LogP contribution in [0.15, 0.2) is 23.8 Å². The molecule has 0 spiro atoms. The average molecular weight is 419 g/mol. The average Bonchev–Trinajstić information content (AvgIpc) is 2.66. The van der Waals surface area contributed by atoms with Crippen molar-refractivity contribution in [2.24, 2.45) is 5.92 Å². The second kappa shape index (κ2) is 8.60. The van der Waals surface area contributed by atoms with Crippen molar-refractivity contribution in [3.05, 3.63) is 34.9 Å². The van der Waals surface area contributed by atoms with Crippen molar-refractivity contribution in [2.45, 2.75) is 89.6 Å². The molecule has 30 heavy (non-hydrogen) atoms. The van der Waals surface area contributed by atoms with Gasteiger partial charge in [-0.1, -0.05) is 39.2 Å². The van der Waals surface area contributed by atoms with Crippen LogP contribution in [-0.2, 0) is 10.2 Å². The van der Waals surface area contributed by atoms with Crippen LogP contribution in [0.5, 0.6) is 11.5 Å². The Morgan fingerprint density at radius 2 is 1.93 bits per heavy atom. The van der Waals surface area contributed by atoms with Gasteiger partial charge in [-0.05, 0) is 62.6 Å². The molecule has 2 atom stereocenters. The van der Waals surface area contributed by atoms with Crippen molar-refractivity contribution in [1.82, 2.24) is 0 Å². The van der Waals surface area contributed by atoms with Crippen molar-refractivity contribution < 1.29 is 24.1 Å². The quantitative estimate of drug-likeness (QED) is 0.489. The predicted molar refractivity (Wildman–Crippen MR) is 116 cm³/mol. The fourth-order valence-electron chi connectivity index (χ4n) is 5.12. The number of aromatic hydroxyl groups is 1. The summed E-state index contributed by atoms with van der Waals surface area (Å²) in [6, 6.07) is 3.87. The number of carbonyl (C=O) groups is 1. The second-order valence-corrected chi connectivity index (χ2v) is 10.0. The van der Waals surface area contributed by atoms with E-state index in [2.05, 4.69) is 13.8 Å². The van der Waals surface area contributed by atoms with Crippen molar-refractivity contribution in [1.29, 1.82) is 0 Å². The Labute approximate surface area is 179 Å². The lowest BCUT2D eigenvalue weighted by Crippen LogP contribution is -2.46. The van der Waals surface area contributed by atoms with E-state index in [9.17, 15) is 19.4 Å². The first-order valence-electron chi connectivity index (χ1n) is 11.1. The summed E-state index contributed by atoms with van der Waals surface area (Å²) in [5.74, 6) is 0.0360. The Morgan fingerprint density at radius 1 is 1.23 bits per heavy atom. The molecule has 0 radical (unpaired) electrons. The maximum Gasteiger partial charge on any atom is 0.331 e. The highest BCUT2D eigenvalue weighted by Gasteiger charge is 2.47. The largest absolute Gasteiger partial charge is 0.508 e. The molecule has 1 aliphatic heterocycles. The number of allylic oxidation sites excluding steroid dienone is 1. The Bertz CT molecular complexity index is 825. The molecule has 166 valence electrons. The second-order valence-electron chi connectivity index (χ2n) is 10.0. The van der Waals surface area contributed by atoms with Crippen LogP contribution in [0.3, 0.4) is 0 Å². The predicted octanol–water partition coefficient (Wildman–Crippen LogP) is 6.27. The zero-order chi connectivity index (χ0) is 22.1. The van der Waals surface area contributed by atoms with E-state index in [0.29, 0.717) is 30.6 Å². The number of carboxylic acid groups (broad SMARTS) is 1. The number of aliphatic carboxylic acids is 1. The summed E-state index contributed by atoms with van der Waals surface area (Å²) in [7, 11) is 0. The van der Waals surface area contributed by atoms with Gasteiger partial charge >= 0.3 is 5.97 Å². The number of carboxylic acids is 1. The van der Waals surface area contributed by atoms with Gasteiger partial charge in [0.1, 0.15) is 17.1 Å². The van der Waals surface area contributed by atoms with E-state index in [1.165, 1.54) is 0 Å². The van der Waals surface area contributed by atoms with Gasteiger partial charge in [-0.2, -0.15) is 0 Å². The van der Waals surface area contributed by atoms with E-state index < -0.39 is 11.6 Å². The maximum atomic E-state index is 12.3. The lowest BCUT2D eigenvalue weighted by atomic mass is 9.66. The molecule has 1 aromatic rings. The molecule has 1 heterocycles. The van der Waals surface area contributed by atoms with Gasteiger partial charge in [-0.3, -0.25) is 4.39 Å². The van der Waals surface area contributed by atoms with E-state index in [1.807, 2.05) is 26.0 Å². The molecule has 0 aromatic heterocycles. The fraction of sp³-hybridized carbons (Fsp3) is 0.640. The minimum absolute atomic E-state index is 0.0716. The Morgan fingerprint density at radius 3 is 2.60 bits per heavy atom. The van der Waals surface area contributed by atoms with Crippen LogP contribution >= 0.6 is 0 Å². The third kappa shape index (κ3) is 4.50. The summed E-state index contributed by atoms with van der Waals surface area (Å²) in [6.45, 7) is 8.16. The van der Waals surface area contributed by atoms with E-state index in [4.69, 9.17) is 4.74 Å². The molecule has 0 saturated carbocycles. The lowest BCUT2D eigenvalue weighted by molar-refractivity contribution is -0.133. The van der Waals surface area contributed by atoms with Gasteiger partial charge < -0.3 is 14.9 Å². The first-order chi connectivity index (χ1) is 14.1. The van der Waals surface area contributed by atoms with Crippen LogP contribution < -0.4 is 4.74 Å². The minimum Gasteiger partial charge on any atom is -0.508 e. The van der Waals surface area contributed by atoms with Crippen LogP contribution in [0.1, 0.15) is 89.7 Å². The third-order valence-electron chi connectivity index (χ3n) is 7.04. The van der Waals surface area contributed by atoms with Crippen LogP contribution in [0.2, 0.25) is 0 Å². The van der Waals surface area contributed by atoms with Crippen LogP contribution in [0.25, 0.3) is 0 Å². The van der Waals surface area contributed by atoms with Gasteiger partial charge in [-0.15, -0.1) is 0 Å². The highest BCUT2D eigenvalue weighted by Crippen LogP contribution is 2.55. The van der Waals surface area contributed by atoms with E-state index in [-0.39, 0.29) is 29.7 Å². The van der Waals surface area contributed by atoms with Crippen molar-refractivity contribution in [3.63, 3.8) is 0 Å². The summed E-state index contributed by atoms with van der Waals surface area (Å²) in [4.78, 5) is 11.6. The zero-order valence-electron chi connectivity index (χ0n) is 18.6. The SMILES string of the molecule is CC(C)(CCCCCCF)c1cc(O)c2c(c1)OC(C)(C)[C@@H]1CC=C(C(=O)O)C[C@@H]21. The molecule has 4 nitrogen and oxygen atoms in total. The summed E-state index contributed by atoms with van der Waals surface area (Å²) < 4.78 is 18.7. The fourth-order valence-corrected chi connectivity index (χ4v) is 5.12. The van der Waals surface area contributed by atoms with E-state index in [1.54, 1.807) is 6.08 Å². The number of alkyl halides is 1. The Balaban J connectivity index is 1.89. The minimum atomic E-state index is -0.885. The number of phenols is 1. The number of rotatable bonds is 8. The molecule has 0 unspecified atom stereocenters. The Hall–Kier alpha value is -2.04. The molecule has 0 fully saturated rings. The molecule has 0 saturated heterocycles. The highest BCUT2D eigenvalue weighted by atomic mass is 19.1. The van der Waals surface area contributed by atoms with Gasteiger partial charge in [0.25, 0.3) is 0 Å². The molecule has 2 N–H and O–H groups in total. The molecule has 2 aliphatic rings. The van der Waals surface area contributed by atoms with Crippen LogP contribution in [0, 0.1) is 5.92 Å².